The monoisotopic (exact) mass is 254 g/mol. The maximum atomic E-state index is 9.99. The molecule has 0 spiro atoms. The number of rotatable bonds is 4. The summed E-state index contributed by atoms with van der Waals surface area (Å²) >= 11 is 0. The smallest absolute Gasteiger partial charge is 0.115 e. The van der Waals surface area contributed by atoms with Gasteiger partial charge in [0.2, 0.25) is 0 Å². The van der Waals surface area contributed by atoms with Crippen molar-refractivity contribution in [3.63, 3.8) is 0 Å². The van der Waals surface area contributed by atoms with Gasteiger partial charge in [-0.25, -0.2) is 0 Å². The third-order valence-electron chi connectivity index (χ3n) is 3.18. The first-order valence-electron chi connectivity index (χ1n) is 6.30. The van der Waals surface area contributed by atoms with Gasteiger partial charge < -0.3 is 10.2 Å². The van der Waals surface area contributed by atoms with Crippen molar-refractivity contribution in [1.82, 2.24) is 0 Å². The zero-order valence-electron chi connectivity index (χ0n) is 11.0. The summed E-state index contributed by atoms with van der Waals surface area (Å²) in [5.41, 5.74) is 3.99. The molecule has 0 saturated heterocycles. The SMILES string of the molecule is C=CCC(O)c1cccc(-c2ccc(O)cc2C)c1. The van der Waals surface area contributed by atoms with Gasteiger partial charge in [0, 0.05) is 0 Å². The topological polar surface area (TPSA) is 40.5 Å². The molecule has 0 radical (unpaired) electrons. The zero-order chi connectivity index (χ0) is 13.8. The van der Waals surface area contributed by atoms with Crippen LogP contribution in [-0.2, 0) is 0 Å². The van der Waals surface area contributed by atoms with E-state index in [2.05, 4.69) is 6.58 Å². The summed E-state index contributed by atoms with van der Waals surface area (Å²) in [6.45, 7) is 5.60. The van der Waals surface area contributed by atoms with Gasteiger partial charge in [-0.3, -0.25) is 0 Å². The Morgan fingerprint density at radius 2 is 2.00 bits per heavy atom. The highest BCUT2D eigenvalue weighted by molar-refractivity contribution is 5.68. The maximum Gasteiger partial charge on any atom is 0.115 e. The van der Waals surface area contributed by atoms with E-state index in [-0.39, 0.29) is 5.75 Å². The minimum atomic E-state index is -0.519. The molecule has 98 valence electrons. The minimum absolute atomic E-state index is 0.268. The van der Waals surface area contributed by atoms with Crippen molar-refractivity contribution >= 4 is 0 Å². The fraction of sp³-hybridized carbons (Fsp3) is 0.176. The molecule has 1 unspecified atom stereocenters. The van der Waals surface area contributed by atoms with Crippen LogP contribution in [0.5, 0.6) is 5.75 Å². The first-order chi connectivity index (χ1) is 9.11. The lowest BCUT2D eigenvalue weighted by Crippen LogP contribution is -1.96. The number of aliphatic hydroxyl groups excluding tert-OH is 1. The third kappa shape index (κ3) is 3.04. The summed E-state index contributed by atoms with van der Waals surface area (Å²) < 4.78 is 0. The normalized spacial score (nSPS) is 12.1. The Kier molecular flexibility index (Phi) is 4.03. The average molecular weight is 254 g/mol. The summed E-state index contributed by atoms with van der Waals surface area (Å²) in [5.74, 6) is 0.268. The predicted octanol–water partition coefficient (Wildman–Crippen LogP) is 3.98. The van der Waals surface area contributed by atoms with Gasteiger partial charge >= 0.3 is 0 Å². The van der Waals surface area contributed by atoms with Crippen molar-refractivity contribution in [2.24, 2.45) is 0 Å². The number of hydrogen-bond donors (Lipinski definition) is 2. The fourth-order valence-electron chi connectivity index (χ4n) is 2.18. The Labute approximate surface area is 113 Å². The molecule has 2 aromatic carbocycles. The highest BCUT2D eigenvalue weighted by Gasteiger charge is 2.08. The van der Waals surface area contributed by atoms with Crippen molar-refractivity contribution < 1.29 is 10.2 Å². The van der Waals surface area contributed by atoms with Gasteiger partial charge in [-0.15, -0.1) is 6.58 Å². The van der Waals surface area contributed by atoms with Crippen LogP contribution in [0.25, 0.3) is 11.1 Å². The number of phenols is 1. The van der Waals surface area contributed by atoms with Crippen LogP contribution in [0.4, 0.5) is 0 Å². The molecule has 2 N–H and O–H groups in total. The lowest BCUT2D eigenvalue weighted by Gasteiger charge is -2.12. The molecule has 2 nitrogen and oxygen atoms in total. The van der Waals surface area contributed by atoms with E-state index >= 15 is 0 Å². The van der Waals surface area contributed by atoms with Gasteiger partial charge in [-0.05, 0) is 53.8 Å². The van der Waals surface area contributed by atoms with Crippen LogP contribution in [-0.4, -0.2) is 10.2 Å². The summed E-state index contributed by atoms with van der Waals surface area (Å²) in [4.78, 5) is 0. The highest BCUT2D eigenvalue weighted by Crippen LogP contribution is 2.29. The van der Waals surface area contributed by atoms with Gasteiger partial charge in [0.25, 0.3) is 0 Å². The number of aryl methyl sites for hydroxylation is 1. The third-order valence-corrected chi connectivity index (χ3v) is 3.18. The molecule has 0 bridgehead atoms. The maximum absolute atomic E-state index is 9.99. The molecule has 2 aromatic rings. The quantitative estimate of drug-likeness (QED) is 0.810. The summed E-state index contributed by atoms with van der Waals surface area (Å²) in [6.07, 6.45) is 1.73. The van der Waals surface area contributed by atoms with E-state index in [0.717, 1.165) is 22.3 Å². The minimum Gasteiger partial charge on any atom is -0.508 e. The van der Waals surface area contributed by atoms with Crippen LogP contribution in [0, 0.1) is 6.92 Å². The molecule has 0 heterocycles. The summed E-state index contributed by atoms with van der Waals surface area (Å²) in [6, 6.07) is 13.1. The average Bonchev–Trinajstić information content (AvgIpc) is 2.39. The van der Waals surface area contributed by atoms with Crippen LogP contribution in [0.2, 0.25) is 0 Å². The van der Waals surface area contributed by atoms with E-state index in [1.165, 1.54) is 0 Å². The Bertz CT molecular complexity index is 588. The second-order valence-electron chi connectivity index (χ2n) is 4.66. The van der Waals surface area contributed by atoms with E-state index in [1.807, 2.05) is 37.3 Å². The van der Waals surface area contributed by atoms with Crippen LogP contribution in [0.1, 0.15) is 23.7 Å². The second-order valence-corrected chi connectivity index (χ2v) is 4.66. The number of benzene rings is 2. The molecule has 0 aromatic heterocycles. The zero-order valence-corrected chi connectivity index (χ0v) is 11.0. The molecule has 0 aliphatic carbocycles. The fourth-order valence-corrected chi connectivity index (χ4v) is 2.18. The van der Waals surface area contributed by atoms with Crippen LogP contribution in [0.15, 0.2) is 55.1 Å². The number of hydrogen-bond acceptors (Lipinski definition) is 2. The number of aliphatic hydroxyl groups is 1. The van der Waals surface area contributed by atoms with Crippen molar-refractivity contribution in [3.8, 4) is 16.9 Å². The van der Waals surface area contributed by atoms with Gasteiger partial charge in [-0.1, -0.05) is 30.3 Å². The standard InChI is InChI=1S/C17H18O2/c1-3-5-17(19)14-7-4-6-13(11-14)16-9-8-15(18)10-12(16)2/h3-4,6-11,17-19H,1,5H2,2H3. The first kappa shape index (κ1) is 13.4. The highest BCUT2D eigenvalue weighted by atomic mass is 16.3. The van der Waals surface area contributed by atoms with Gasteiger partial charge in [0.05, 0.1) is 6.10 Å². The van der Waals surface area contributed by atoms with E-state index in [1.54, 1.807) is 18.2 Å². The molecule has 0 fully saturated rings. The van der Waals surface area contributed by atoms with Gasteiger partial charge in [0.1, 0.15) is 5.75 Å². The van der Waals surface area contributed by atoms with E-state index in [9.17, 15) is 10.2 Å². The predicted molar refractivity (Wildman–Crippen MR) is 78.1 cm³/mol. The largest absolute Gasteiger partial charge is 0.508 e. The van der Waals surface area contributed by atoms with Crippen molar-refractivity contribution in [3.05, 3.63) is 66.2 Å². The molecule has 19 heavy (non-hydrogen) atoms. The number of phenolic OH excluding ortho intramolecular Hbond substituents is 1. The molecular formula is C17H18O2. The van der Waals surface area contributed by atoms with E-state index in [4.69, 9.17) is 0 Å². The molecule has 0 amide bonds. The van der Waals surface area contributed by atoms with Crippen LogP contribution < -0.4 is 0 Å². The lowest BCUT2D eigenvalue weighted by molar-refractivity contribution is 0.181. The first-order valence-corrected chi connectivity index (χ1v) is 6.30. The molecule has 2 rings (SSSR count). The molecule has 0 aliphatic heterocycles. The lowest BCUT2D eigenvalue weighted by atomic mass is 9.96. The van der Waals surface area contributed by atoms with E-state index in [0.29, 0.717) is 6.42 Å². The summed E-state index contributed by atoms with van der Waals surface area (Å²) in [5, 5.41) is 19.4. The van der Waals surface area contributed by atoms with Crippen molar-refractivity contribution in [1.29, 1.82) is 0 Å². The van der Waals surface area contributed by atoms with Crippen LogP contribution in [0.3, 0.4) is 0 Å². The number of aromatic hydroxyl groups is 1. The molecule has 1 atom stereocenters. The van der Waals surface area contributed by atoms with Crippen LogP contribution >= 0.6 is 0 Å². The van der Waals surface area contributed by atoms with Crippen molar-refractivity contribution in [2.45, 2.75) is 19.4 Å². The van der Waals surface area contributed by atoms with Gasteiger partial charge in [0.15, 0.2) is 0 Å². The van der Waals surface area contributed by atoms with Gasteiger partial charge in [-0.2, -0.15) is 0 Å². The Morgan fingerprint density at radius 1 is 1.21 bits per heavy atom. The summed E-state index contributed by atoms with van der Waals surface area (Å²) in [7, 11) is 0. The Balaban J connectivity index is 2.40. The molecular weight excluding hydrogens is 236 g/mol. The van der Waals surface area contributed by atoms with E-state index < -0.39 is 6.10 Å². The Hall–Kier alpha value is -2.06. The van der Waals surface area contributed by atoms with Crippen molar-refractivity contribution in [2.75, 3.05) is 0 Å². The molecule has 0 saturated carbocycles. The molecule has 2 heteroatoms. The molecule has 0 aliphatic rings. The second kappa shape index (κ2) is 5.72. The Morgan fingerprint density at radius 3 is 2.68 bits per heavy atom.